The summed E-state index contributed by atoms with van der Waals surface area (Å²) in [6.07, 6.45) is -0.189. The van der Waals surface area contributed by atoms with Gasteiger partial charge in [0.2, 0.25) is 10.0 Å². The molecule has 0 unspecified atom stereocenters. The summed E-state index contributed by atoms with van der Waals surface area (Å²) in [5.41, 5.74) is 1.41. The molecule has 0 saturated carbocycles. The van der Waals surface area contributed by atoms with E-state index in [9.17, 15) is 26.4 Å². The SMILES string of the molecule is CS(=O)(=O)N(CNS(=O)(=O)NCc1ccccc1)C(=O)CNC(=O)OCc1ccccc1. The van der Waals surface area contributed by atoms with Crippen molar-refractivity contribution in [1.29, 1.82) is 0 Å². The maximum absolute atomic E-state index is 12.3. The zero-order chi connectivity index (χ0) is 23.6. The number of hydrogen-bond acceptors (Lipinski definition) is 7. The maximum Gasteiger partial charge on any atom is 0.407 e. The Morgan fingerprint density at radius 2 is 1.44 bits per heavy atom. The molecular weight excluding hydrogens is 460 g/mol. The van der Waals surface area contributed by atoms with E-state index in [1.165, 1.54) is 0 Å². The summed E-state index contributed by atoms with van der Waals surface area (Å²) in [5, 5.41) is 2.14. The number of ether oxygens (including phenoxy) is 1. The van der Waals surface area contributed by atoms with Gasteiger partial charge >= 0.3 is 6.09 Å². The van der Waals surface area contributed by atoms with E-state index in [4.69, 9.17) is 4.74 Å². The van der Waals surface area contributed by atoms with Gasteiger partial charge in [-0.1, -0.05) is 60.7 Å². The number of benzene rings is 2. The third-order valence-corrected chi connectivity index (χ3v) is 6.15. The minimum atomic E-state index is -4.12. The fourth-order valence-corrected chi connectivity index (χ4v) is 3.94. The van der Waals surface area contributed by atoms with Crippen LogP contribution < -0.4 is 14.8 Å². The molecule has 11 nitrogen and oxygen atoms in total. The average molecular weight is 485 g/mol. The minimum Gasteiger partial charge on any atom is -0.445 e. The molecule has 13 heteroatoms. The van der Waals surface area contributed by atoms with Gasteiger partial charge in [0.25, 0.3) is 16.1 Å². The first-order valence-electron chi connectivity index (χ1n) is 9.30. The third kappa shape index (κ3) is 9.01. The first-order valence-corrected chi connectivity index (χ1v) is 12.6. The molecule has 0 aliphatic heterocycles. The lowest BCUT2D eigenvalue weighted by atomic mass is 10.2. The van der Waals surface area contributed by atoms with Gasteiger partial charge in [0.05, 0.1) is 6.26 Å². The summed E-state index contributed by atoms with van der Waals surface area (Å²) in [4.78, 5) is 24.0. The maximum atomic E-state index is 12.3. The highest BCUT2D eigenvalue weighted by Crippen LogP contribution is 2.02. The molecular formula is C19H24N4O7S2. The molecule has 0 atom stereocenters. The Morgan fingerprint density at radius 1 is 0.875 bits per heavy atom. The Balaban J connectivity index is 1.85. The standard InChI is InChI=1S/C19H24N4O7S2/c1-31(26,27)23(15-22-32(28,29)21-12-16-8-4-2-5-9-16)18(24)13-20-19(25)30-14-17-10-6-3-7-11-17/h2-11,21-22H,12-15H2,1H3,(H,20,25). The molecule has 0 bridgehead atoms. The molecule has 0 heterocycles. The smallest absolute Gasteiger partial charge is 0.407 e. The van der Waals surface area contributed by atoms with Crippen LogP contribution in [-0.4, -0.2) is 52.6 Å². The van der Waals surface area contributed by atoms with Gasteiger partial charge in [-0.3, -0.25) is 4.79 Å². The number of amides is 2. The van der Waals surface area contributed by atoms with Crippen LogP contribution in [-0.2, 0) is 42.9 Å². The number of carbonyl (C=O) groups excluding carboxylic acids is 2. The molecule has 174 valence electrons. The summed E-state index contributed by atoms with van der Waals surface area (Å²) in [5.74, 6) is -1.05. The molecule has 2 aromatic carbocycles. The molecule has 0 spiro atoms. The summed E-state index contributed by atoms with van der Waals surface area (Å²) >= 11 is 0. The monoisotopic (exact) mass is 484 g/mol. The molecule has 0 aliphatic carbocycles. The number of carbonyl (C=O) groups is 2. The minimum absolute atomic E-state index is 0.0300. The van der Waals surface area contributed by atoms with E-state index >= 15 is 0 Å². The Kier molecular flexibility index (Phi) is 9.13. The van der Waals surface area contributed by atoms with E-state index in [2.05, 4.69) is 10.0 Å². The highest BCUT2D eigenvalue weighted by atomic mass is 32.2. The Morgan fingerprint density at radius 3 is 2.00 bits per heavy atom. The van der Waals surface area contributed by atoms with Gasteiger partial charge in [0.15, 0.2) is 0 Å². The van der Waals surface area contributed by atoms with Crippen LogP contribution in [0.4, 0.5) is 4.79 Å². The van der Waals surface area contributed by atoms with Crippen LogP contribution in [0.2, 0.25) is 0 Å². The van der Waals surface area contributed by atoms with E-state index in [1.54, 1.807) is 60.7 Å². The third-order valence-electron chi connectivity index (χ3n) is 3.98. The van der Waals surface area contributed by atoms with Crippen LogP contribution in [0.5, 0.6) is 0 Å². The van der Waals surface area contributed by atoms with Crippen LogP contribution in [0.15, 0.2) is 60.7 Å². The summed E-state index contributed by atoms with van der Waals surface area (Å²) < 4.78 is 57.5. The van der Waals surface area contributed by atoms with E-state index in [0.717, 1.165) is 11.8 Å². The number of alkyl carbamates (subject to hydrolysis) is 1. The van der Waals surface area contributed by atoms with Crippen molar-refractivity contribution in [2.75, 3.05) is 19.5 Å². The second-order valence-electron chi connectivity index (χ2n) is 6.53. The molecule has 3 N–H and O–H groups in total. The van der Waals surface area contributed by atoms with Gasteiger partial charge in [0, 0.05) is 6.54 Å². The van der Waals surface area contributed by atoms with Crippen LogP contribution >= 0.6 is 0 Å². The Labute approximate surface area is 187 Å². The van der Waals surface area contributed by atoms with Crippen LogP contribution in [0.1, 0.15) is 11.1 Å². The fourth-order valence-electron chi connectivity index (χ4n) is 2.37. The van der Waals surface area contributed by atoms with Crippen molar-refractivity contribution < 1.29 is 31.2 Å². The number of hydrogen-bond donors (Lipinski definition) is 3. The molecule has 0 aliphatic rings. The van der Waals surface area contributed by atoms with Gasteiger partial charge in [-0.15, -0.1) is 0 Å². The lowest BCUT2D eigenvalue weighted by Crippen LogP contribution is -2.50. The number of nitrogens with one attached hydrogen (secondary N) is 3. The number of nitrogens with zero attached hydrogens (tertiary/aromatic N) is 1. The summed E-state index contributed by atoms with van der Waals surface area (Å²) in [7, 11) is -8.23. The van der Waals surface area contributed by atoms with Gasteiger partial charge in [0.1, 0.15) is 19.8 Å². The lowest BCUT2D eigenvalue weighted by Gasteiger charge is -2.21. The highest BCUT2D eigenvalue weighted by molar-refractivity contribution is 7.89. The summed E-state index contributed by atoms with van der Waals surface area (Å²) in [6, 6.07) is 17.5. The Bertz CT molecular complexity index is 1110. The predicted octanol–water partition coefficient (Wildman–Crippen LogP) is 0.283. The normalized spacial score (nSPS) is 11.5. The first-order chi connectivity index (χ1) is 15.1. The fraction of sp³-hybridized carbons (Fsp3) is 0.263. The van der Waals surface area contributed by atoms with Crippen molar-refractivity contribution in [2.24, 2.45) is 0 Å². The van der Waals surface area contributed by atoms with E-state index in [-0.39, 0.29) is 13.2 Å². The van der Waals surface area contributed by atoms with Gasteiger partial charge < -0.3 is 10.1 Å². The van der Waals surface area contributed by atoms with E-state index < -0.39 is 45.4 Å². The molecule has 0 fully saturated rings. The average Bonchev–Trinajstić information content (AvgIpc) is 2.75. The van der Waals surface area contributed by atoms with Gasteiger partial charge in [-0.05, 0) is 11.1 Å². The van der Waals surface area contributed by atoms with Gasteiger partial charge in [-0.2, -0.15) is 17.9 Å². The molecule has 0 radical (unpaired) electrons. The molecule has 2 amide bonds. The quantitative estimate of drug-likeness (QED) is 0.388. The zero-order valence-corrected chi connectivity index (χ0v) is 18.9. The largest absolute Gasteiger partial charge is 0.445 e. The van der Waals surface area contributed by atoms with E-state index in [1.807, 2.05) is 4.72 Å². The Hall–Kier alpha value is -3.00. The topological polar surface area (TPSA) is 151 Å². The van der Waals surface area contributed by atoms with Crippen molar-refractivity contribution >= 4 is 32.2 Å². The second kappa shape index (κ2) is 11.6. The molecule has 2 aromatic rings. The van der Waals surface area contributed by atoms with Gasteiger partial charge in [-0.25, -0.2) is 17.5 Å². The van der Waals surface area contributed by atoms with Crippen molar-refractivity contribution in [3.63, 3.8) is 0 Å². The first kappa shape index (κ1) is 25.3. The van der Waals surface area contributed by atoms with Crippen molar-refractivity contribution in [1.82, 2.24) is 19.1 Å². The van der Waals surface area contributed by atoms with Crippen LogP contribution in [0, 0.1) is 0 Å². The van der Waals surface area contributed by atoms with Crippen LogP contribution in [0.25, 0.3) is 0 Å². The molecule has 2 rings (SSSR count). The number of rotatable bonds is 11. The predicted molar refractivity (Wildman–Crippen MR) is 117 cm³/mol. The van der Waals surface area contributed by atoms with Crippen molar-refractivity contribution in [2.45, 2.75) is 13.2 Å². The molecule has 0 saturated heterocycles. The van der Waals surface area contributed by atoms with E-state index in [0.29, 0.717) is 9.87 Å². The number of sulfonamides is 1. The molecule has 0 aromatic heterocycles. The lowest BCUT2D eigenvalue weighted by molar-refractivity contribution is -0.125. The zero-order valence-electron chi connectivity index (χ0n) is 17.2. The van der Waals surface area contributed by atoms with Crippen LogP contribution in [0.3, 0.4) is 0 Å². The summed E-state index contributed by atoms with van der Waals surface area (Å²) in [6.45, 7) is -1.62. The molecule has 32 heavy (non-hydrogen) atoms. The highest BCUT2D eigenvalue weighted by Gasteiger charge is 2.25. The van der Waals surface area contributed by atoms with Crippen molar-refractivity contribution in [3.8, 4) is 0 Å². The van der Waals surface area contributed by atoms with Crippen molar-refractivity contribution in [3.05, 3.63) is 71.8 Å². The second-order valence-corrected chi connectivity index (χ2v) is 10.0.